The molecule has 0 amide bonds. The molecule has 0 bridgehead atoms. The van der Waals surface area contributed by atoms with E-state index in [1.54, 1.807) is 11.1 Å². The zero-order valence-corrected chi connectivity index (χ0v) is 11.5. The highest BCUT2D eigenvalue weighted by Gasteiger charge is 2.26. The Morgan fingerprint density at radius 1 is 1.44 bits per heavy atom. The molecule has 0 saturated carbocycles. The Kier molecular flexibility index (Phi) is 5.00. The van der Waals surface area contributed by atoms with Crippen LogP contribution >= 0.6 is 0 Å². The molecule has 1 aromatic carbocycles. The Hall–Kier alpha value is -1.08. The third-order valence-corrected chi connectivity index (χ3v) is 3.98. The average Bonchev–Trinajstić information content (AvgIpc) is 2.43. The summed E-state index contributed by atoms with van der Waals surface area (Å²) in [4.78, 5) is 0. The van der Waals surface area contributed by atoms with Gasteiger partial charge in [0.05, 0.1) is 0 Å². The van der Waals surface area contributed by atoms with Crippen molar-refractivity contribution in [2.24, 2.45) is 0 Å². The number of aryl methyl sites for hydroxylation is 1. The Morgan fingerprint density at radius 2 is 2.28 bits per heavy atom. The van der Waals surface area contributed by atoms with E-state index in [2.05, 4.69) is 49.2 Å². The van der Waals surface area contributed by atoms with Gasteiger partial charge in [-0.3, -0.25) is 0 Å². The van der Waals surface area contributed by atoms with Crippen LogP contribution in [0.4, 0.5) is 0 Å². The molecule has 2 rings (SSSR count). The van der Waals surface area contributed by atoms with E-state index < -0.39 is 0 Å². The van der Waals surface area contributed by atoms with Gasteiger partial charge >= 0.3 is 0 Å². The molecule has 0 heterocycles. The van der Waals surface area contributed by atoms with Crippen LogP contribution in [0.25, 0.3) is 0 Å². The van der Waals surface area contributed by atoms with Crippen molar-refractivity contribution in [2.75, 3.05) is 6.54 Å². The van der Waals surface area contributed by atoms with Gasteiger partial charge in [-0.05, 0) is 55.7 Å². The van der Waals surface area contributed by atoms with Crippen molar-refractivity contribution in [3.8, 4) is 0 Å². The lowest BCUT2D eigenvalue weighted by Crippen LogP contribution is -2.36. The molecule has 1 N–H and O–H groups in total. The van der Waals surface area contributed by atoms with Gasteiger partial charge in [0.2, 0.25) is 0 Å². The van der Waals surface area contributed by atoms with E-state index in [0.29, 0.717) is 12.0 Å². The average molecular weight is 243 g/mol. The zero-order valence-electron chi connectivity index (χ0n) is 11.5. The minimum absolute atomic E-state index is 0.559. The summed E-state index contributed by atoms with van der Waals surface area (Å²) >= 11 is 0. The lowest BCUT2D eigenvalue weighted by Gasteiger charge is -2.32. The van der Waals surface area contributed by atoms with Gasteiger partial charge in [-0.25, -0.2) is 0 Å². The quantitative estimate of drug-likeness (QED) is 0.743. The summed E-state index contributed by atoms with van der Waals surface area (Å²) in [6.07, 6.45) is 8.21. The van der Waals surface area contributed by atoms with Crippen LogP contribution in [0.5, 0.6) is 0 Å². The molecular formula is C17H25N. The highest BCUT2D eigenvalue weighted by atomic mass is 14.9. The van der Waals surface area contributed by atoms with Crippen molar-refractivity contribution in [3.63, 3.8) is 0 Å². The summed E-state index contributed by atoms with van der Waals surface area (Å²) in [6, 6.07) is 9.53. The third-order valence-electron chi connectivity index (χ3n) is 3.98. The monoisotopic (exact) mass is 243 g/mol. The molecule has 2 atom stereocenters. The second-order valence-electron chi connectivity index (χ2n) is 5.28. The van der Waals surface area contributed by atoms with Crippen LogP contribution in [0, 0.1) is 0 Å². The van der Waals surface area contributed by atoms with E-state index in [-0.39, 0.29) is 0 Å². The number of rotatable bonds is 6. The standard InChI is InChI=1S/C17H25N/c1-3-8-17(18-13-4-2)16-12-7-10-14-9-5-6-11-15(14)16/h3,5-6,9,11,16-18H,1,4,7-8,10,12-13H2,2H3. The van der Waals surface area contributed by atoms with Crippen molar-refractivity contribution < 1.29 is 0 Å². The fraction of sp³-hybridized carbons (Fsp3) is 0.529. The largest absolute Gasteiger partial charge is 0.313 e. The van der Waals surface area contributed by atoms with Crippen LogP contribution in [-0.2, 0) is 6.42 Å². The normalized spacial score (nSPS) is 20.2. The molecule has 0 fully saturated rings. The van der Waals surface area contributed by atoms with Crippen LogP contribution in [-0.4, -0.2) is 12.6 Å². The highest BCUT2D eigenvalue weighted by molar-refractivity contribution is 5.33. The van der Waals surface area contributed by atoms with Crippen molar-refractivity contribution in [3.05, 3.63) is 48.0 Å². The van der Waals surface area contributed by atoms with E-state index in [1.807, 2.05) is 0 Å². The number of fused-ring (bicyclic) bond motifs is 1. The molecule has 0 saturated heterocycles. The first kappa shape index (κ1) is 13.4. The number of benzene rings is 1. The van der Waals surface area contributed by atoms with Crippen molar-refractivity contribution >= 4 is 0 Å². The van der Waals surface area contributed by atoms with Crippen molar-refractivity contribution in [2.45, 2.75) is 51.0 Å². The van der Waals surface area contributed by atoms with Crippen molar-refractivity contribution in [1.29, 1.82) is 0 Å². The second-order valence-corrected chi connectivity index (χ2v) is 5.28. The molecule has 2 unspecified atom stereocenters. The fourth-order valence-corrected chi connectivity index (χ4v) is 3.11. The molecule has 1 heteroatoms. The molecule has 1 aromatic rings. The van der Waals surface area contributed by atoms with Crippen LogP contribution in [0.15, 0.2) is 36.9 Å². The van der Waals surface area contributed by atoms with Gasteiger partial charge in [-0.2, -0.15) is 0 Å². The SMILES string of the molecule is C=CCC(NCCC)C1CCCc2ccccc21. The molecule has 98 valence electrons. The minimum atomic E-state index is 0.559. The fourth-order valence-electron chi connectivity index (χ4n) is 3.11. The number of hydrogen-bond acceptors (Lipinski definition) is 1. The maximum atomic E-state index is 3.92. The van der Waals surface area contributed by atoms with E-state index in [1.165, 1.54) is 25.7 Å². The van der Waals surface area contributed by atoms with E-state index in [9.17, 15) is 0 Å². The summed E-state index contributed by atoms with van der Waals surface area (Å²) in [5, 5.41) is 3.71. The summed E-state index contributed by atoms with van der Waals surface area (Å²) in [5.74, 6) is 0.666. The molecule has 0 aromatic heterocycles. The lowest BCUT2D eigenvalue weighted by atomic mass is 9.78. The summed E-state index contributed by atoms with van der Waals surface area (Å²) in [7, 11) is 0. The molecule has 0 radical (unpaired) electrons. The van der Waals surface area contributed by atoms with Crippen LogP contribution in [0.1, 0.15) is 49.7 Å². The summed E-state index contributed by atoms with van der Waals surface area (Å²) < 4.78 is 0. The number of nitrogens with one attached hydrogen (secondary N) is 1. The van der Waals surface area contributed by atoms with Gasteiger partial charge in [-0.1, -0.05) is 37.3 Å². The van der Waals surface area contributed by atoms with Crippen LogP contribution < -0.4 is 5.32 Å². The van der Waals surface area contributed by atoms with Gasteiger partial charge in [0.25, 0.3) is 0 Å². The van der Waals surface area contributed by atoms with Crippen LogP contribution in [0.2, 0.25) is 0 Å². The molecule has 18 heavy (non-hydrogen) atoms. The third kappa shape index (κ3) is 3.02. The molecular weight excluding hydrogens is 218 g/mol. The molecule has 0 spiro atoms. The molecule has 0 aliphatic heterocycles. The topological polar surface area (TPSA) is 12.0 Å². The maximum Gasteiger partial charge on any atom is 0.0170 e. The van der Waals surface area contributed by atoms with Crippen LogP contribution in [0.3, 0.4) is 0 Å². The van der Waals surface area contributed by atoms with E-state index in [0.717, 1.165) is 13.0 Å². The Balaban J connectivity index is 2.17. The maximum absolute atomic E-state index is 3.92. The minimum Gasteiger partial charge on any atom is -0.313 e. The zero-order chi connectivity index (χ0) is 12.8. The first-order chi connectivity index (χ1) is 8.86. The van der Waals surface area contributed by atoms with Gasteiger partial charge in [0, 0.05) is 6.04 Å². The van der Waals surface area contributed by atoms with E-state index >= 15 is 0 Å². The van der Waals surface area contributed by atoms with Gasteiger partial charge in [-0.15, -0.1) is 6.58 Å². The Morgan fingerprint density at radius 3 is 3.06 bits per heavy atom. The highest BCUT2D eigenvalue weighted by Crippen LogP contribution is 2.34. The smallest absolute Gasteiger partial charge is 0.0170 e. The predicted octanol–water partition coefficient (Wildman–Crippen LogP) is 4.05. The molecule has 1 nitrogen and oxygen atoms in total. The van der Waals surface area contributed by atoms with Gasteiger partial charge < -0.3 is 5.32 Å². The Bertz CT molecular complexity index is 383. The van der Waals surface area contributed by atoms with Gasteiger partial charge in [0.15, 0.2) is 0 Å². The predicted molar refractivity (Wildman–Crippen MR) is 79.0 cm³/mol. The summed E-state index contributed by atoms with van der Waals surface area (Å²) in [6.45, 7) is 7.26. The molecule has 1 aliphatic carbocycles. The number of hydrogen-bond donors (Lipinski definition) is 1. The first-order valence-corrected chi connectivity index (χ1v) is 7.29. The Labute approximate surface area is 111 Å². The van der Waals surface area contributed by atoms with E-state index in [4.69, 9.17) is 0 Å². The van der Waals surface area contributed by atoms with Crippen molar-refractivity contribution in [1.82, 2.24) is 5.32 Å². The lowest BCUT2D eigenvalue weighted by molar-refractivity contribution is 0.394. The first-order valence-electron chi connectivity index (χ1n) is 7.29. The van der Waals surface area contributed by atoms with Gasteiger partial charge in [0.1, 0.15) is 0 Å². The summed E-state index contributed by atoms with van der Waals surface area (Å²) in [5.41, 5.74) is 3.13. The molecule has 1 aliphatic rings. The second kappa shape index (κ2) is 6.75.